The third-order valence-electron chi connectivity index (χ3n) is 3.94. The highest BCUT2D eigenvalue weighted by Crippen LogP contribution is 2.34. The number of nitrogens with zero attached hydrogens (tertiary/aromatic N) is 1. The van der Waals surface area contributed by atoms with Crippen molar-refractivity contribution in [3.05, 3.63) is 78.4 Å². The summed E-state index contributed by atoms with van der Waals surface area (Å²) >= 11 is 3.29. The van der Waals surface area contributed by atoms with Gasteiger partial charge in [-0.1, -0.05) is 36.0 Å². The van der Waals surface area contributed by atoms with Gasteiger partial charge in [0.1, 0.15) is 5.75 Å². The minimum atomic E-state index is -0.195. The molecule has 0 radical (unpaired) electrons. The van der Waals surface area contributed by atoms with Crippen LogP contribution >= 0.6 is 23.1 Å². The molecule has 0 saturated carbocycles. The van der Waals surface area contributed by atoms with Gasteiger partial charge in [0.05, 0.1) is 22.9 Å². The second kappa shape index (κ2) is 7.82. The van der Waals surface area contributed by atoms with E-state index in [2.05, 4.69) is 16.4 Å². The zero-order valence-electron chi connectivity index (χ0n) is 14.5. The fourth-order valence-electron chi connectivity index (χ4n) is 2.63. The van der Waals surface area contributed by atoms with Gasteiger partial charge in [-0.15, -0.1) is 11.3 Å². The van der Waals surface area contributed by atoms with Crippen LogP contribution in [0.4, 0.5) is 5.69 Å². The van der Waals surface area contributed by atoms with Gasteiger partial charge < -0.3 is 10.1 Å². The zero-order chi connectivity index (χ0) is 18.6. The maximum atomic E-state index is 12.5. The summed E-state index contributed by atoms with van der Waals surface area (Å²) in [6.45, 7) is 0. The van der Waals surface area contributed by atoms with E-state index in [1.54, 1.807) is 42.3 Å². The Morgan fingerprint density at radius 3 is 2.52 bits per heavy atom. The van der Waals surface area contributed by atoms with Crippen molar-refractivity contribution in [1.29, 1.82) is 0 Å². The Morgan fingerprint density at radius 2 is 1.74 bits per heavy atom. The summed E-state index contributed by atoms with van der Waals surface area (Å²) in [5.41, 5.74) is 2.26. The van der Waals surface area contributed by atoms with E-state index >= 15 is 0 Å². The van der Waals surface area contributed by atoms with Gasteiger partial charge in [-0.3, -0.25) is 4.79 Å². The number of benzene rings is 3. The van der Waals surface area contributed by atoms with Crippen LogP contribution in [0.5, 0.6) is 5.75 Å². The molecule has 1 amide bonds. The van der Waals surface area contributed by atoms with Gasteiger partial charge in [0, 0.05) is 10.6 Å². The van der Waals surface area contributed by atoms with Crippen LogP contribution in [0.1, 0.15) is 10.4 Å². The van der Waals surface area contributed by atoms with Gasteiger partial charge in [0.25, 0.3) is 5.91 Å². The molecule has 1 N–H and O–H groups in total. The molecule has 27 heavy (non-hydrogen) atoms. The predicted molar refractivity (Wildman–Crippen MR) is 111 cm³/mol. The molecule has 0 fully saturated rings. The van der Waals surface area contributed by atoms with Crippen molar-refractivity contribution in [2.24, 2.45) is 0 Å². The molecule has 0 bridgehead atoms. The molecule has 4 rings (SSSR count). The van der Waals surface area contributed by atoms with Crippen LogP contribution in [0.25, 0.3) is 10.2 Å². The summed E-state index contributed by atoms with van der Waals surface area (Å²) in [7, 11) is 1.56. The number of anilines is 1. The van der Waals surface area contributed by atoms with Gasteiger partial charge in [-0.25, -0.2) is 4.98 Å². The minimum Gasteiger partial charge on any atom is -0.496 e. The lowest BCUT2D eigenvalue weighted by molar-refractivity contribution is 0.102. The maximum Gasteiger partial charge on any atom is 0.259 e. The molecule has 0 atom stereocenters. The normalized spacial score (nSPS) is 10.7. The number of hydrogen-bond donors (Lipinski definition) is 1. The van der Waals surface area contributed by atoms with E-state index in [1.807, 2.05) is 54.6 Å². The van der Waals surface area contributed by atoms with E-state index < -0.39 is 0 Å². The van der Waals surface area contributed by atoms with Crippen LogP contribution in [0, 0.1) is 0 Å². The van der Waals surface area contributed by atoms with Crippen molar-refractivity contribution >= 4 is 44.9 Å². The predicted octanol–water partition coefficient (Wildman–Crippen LogP) is 5.71. The zero-order valence-corrected chi connectivity index (χ0v) is 16.1. The van der Waals surface area contributed by atoms with E-state index in [1.165, 1.54) is 4.70 Å². The second-order valence-corrected chi connectivity index (χ2v) is 8.08. The highest BCUT2D eigenvalue weighted by molar-refractivity contribution is 8.01. The molecule has 0 saturated heterocycles. The van der Waals surface area contributed by atoms with Crippen LogP contribution in [0.2, 0.25) is 0 Å². The largest absolute Gasteiger partial charge is 0.496 e. The van der Waals surface area contributed by atoms with E-state index in [9.17, 15) is 4.79 Å². The number of methoxy groups -OCH3 is 1. The average Bonchev–Trinajstić information content (AvgIpc) is 3.11. The maximum absolute atomic E-state index is 12.5. The minimum absolute atomic E-state index is 0.195. The Bertz CT molecular complexity index is 1060. The molecule has 6 heteroatoms. The number of carbonyl (C=O) groups is 1. The molecular formula is C21H16N2O2S2. The Labute approximate surface area is 165 Å². The highest BCUT2D eigenvalue weighted by Gasteiger charge is 2.12. The van der Waals surface area contributed by atoms with Crippen LogP contribution in [-0.4, -0.2) is 18.0 Å². The van der Waals surface area contributed by atoms with Crippen molar-refractivity contribution in [3.8, 4) is 5.75 Å². The number of fused-ring (bicyclic) bond motifs is 1. The molecule has 0 aliphatic heterocycles. The van der Waals surface area contributed by atoms with Crippen molar-refractivity contribution in [1.82, 2.24) is 4.98 Å². The topological polar surface area (TPSA) is 51.2 Å². The summed E-state index contributed by atoms with van der Waals surface area (Å²) in [5, 5.41) is 2.90. The molecule has 0 aliphatic rings. The Hall–Kier alpha value is -2.83. The smallest absolute Gasteiger partial charge is 0.259 e. The van der Waals surface area contributed by atoms with Gasteiger partial charge in [-0.05, 0) is 48.5 Å². The first kappa shape index (κ1) is 17.6. The Morgan fingerprint density at radius 1 is 1.00 bits per heavy atom. The quantitative estimate of drug-likeness (QED) is 0.473. The standard InChI is InChI=1S/C21H16N2O2S2/c1-25-18-8-4-2-6-16(18)20(24)22-14-10-12-15(13-11-14)26-21-23-17-7-3-5-9-19(17)27-21/h2-13H,1H3,(H,22,24). The van der Waals surface area contributed by atoms with Crippen LogP contribution in [0.3, 0.4) is 0 Å². The van der Waals surface area contributed by atoms with E-state index in [0.717, 1.165) is 20.4 Å². The number of carbonyl (C=O) groups excluding carboxylic acids is 1. The number of thiazole rings is 1. The third-order valence-corrected chi connectivity index (χ3v) is 6.05. The second-order valence-electron chi connectivity index (χ2n) is 5.73. The monoisotopic (exact) mass is 392 g/mol. The molecule has 3 aromatic carbocycles. The lowest BCUT2D eigenvalue weighted by atomic mass is 10.2. The third kappa shape index (κ3) is 3.97. The van der Waals surface area contributed by atoms with E-state index in [0.29, 0.717) is 11.3 Å². The number of nitrogens with one attached hydrogen (secondary N) is 1. The van der Waals surface area contributed by atoms with Crippen LogP contribution in [0.15, 0.2) is 82.0 Å². The molecule has 0 spiro atoms. The summed E-state index contributed by atoms with van der Waals surface area (Å²) in [4.78, 5) is 18.2. The molecule has 0 unspecified atom stereocenters. The number of hydrogen-bond acceptors (Lipinski definition) is 5. The first-order valence-electron chi connectivity index (χ1n) is 8.31. The Balaban J connectivity index is 1.46. The molecule has 4 aromatic rings. The fourth-order valence-corrected chi connectivity index (χ4v) is 4.67. The van der Waals surface area contributed by atoms with E-state index in [4.69, 9.17) is 4.74 Å². The van der Waals surface area contributed by atoms with Crippen molar-refractivity contribution in [2.75, 3.05) is 12.4 Å². The summed E-state index contributed by atoms with van der Waals surface area (Å²) in [6.07, 6.45) is 0. The molecule has 134 valence electrons. The first-order valence-corrected chi connectivity index (χ1v) is 9.94. The number of ether oxygens (including phenoxy) is 1. The van der Waals surface area contributed by atoms with Gasteiger partial charge in [-0.2, -0.15) is 0 Å². The average molecular weight is 393 g/mol. The van der Waals surface area contributed by atoms with Crippen molar-refractivity contribution in [2.45, 2.75) is 9.24 Å². The SMILES string of the molecule is COc1ccccc1C(=O)Nc1ccc(Sc2nc3ccccc3s2)cc1. The summed E-state index contributed by atoms with van der Waals surface area (Å²) < 4.78 is 7.43. The van der Waals surface area contributed by atoms with Crippen LogP contribution < -0.4 is 10.1 Å². The van der Waals surface area contributed by atoms with Gasteiger partial charge in [0.2, 0.25) is 0 Å². The highest BCUT2D eigenvalue weighted by atomic mass is 32.2. The van der Waals surface area contributed by atoms with E-state index in [-0.39, 0.29) is 5.91 Å². The number of para-hydroxylation sites is 2. The number of aromatic nitrogens is 1. The van der Waals surface area contributed by atoms with Gasteiger partial charge in [0.15, 0.2) is 4.34 Å². The Kier molecular flexibility index (Phi) is 5.09. The lowest BCUT2D eigenvalue weighted by Crippen LogP contribution is -2.12. The molecule has 4 nitrogen and oxygen atoms in total. The molecule has 1 aromatic heterocycles. The fraction of sp³-hybridized carbons (Fsp3) is 0.0476. The molecular weight excluding hydrogens is 376 g/mol. The first-order chi connectivity index (χ1) is 13.2. The number of amides is 1. The summed E-state index contributed by atoms with van der Waals surface area (Å²) in [5.74, 6) is 0.358. The van der Waals surface area contributed by atoms with Gasteiger partial charge >= 0.3 is 0 Å². The molecule has 0 aliphatic carbocycles. The van der Waals surface area contributed by atoms with Crippen molar-refractivity contribution in [3.63, 3.8) is 0 Å². The molecule has 1 heterocycles. The van der Waals surface area contributed by atoms with Crippen LogP contribution in [-0.2, 0) is 0 Å². The summed E-state index contributed by atoms with van der Waals surface area (Å²) in [6, 6.07) is 23.0. The number of rotatable bonds is 5. The lowest BCUT2D eigenvalue weighted by Gasteiger charge is -2.09. The van der Waals surface area contributed by atoms with Crippen molar-refractivity contribution < 1.29 is 9.53 Å².